The molecule has 0 aromatic heterocycles. The zero-order chi connectivity index (χ0) is 11.4. The van der Waals surface area contributed by atoms with Crippen LogP contribution in [0.4, 0.5) is 4.39 Å². The Balaban J connectivity index is 2.87. The minimum Gasteiger partial charge on any atom is -0.479 e. The molecule has 5 heteroatoms. The Morgan fingerprint density at radius 1 is 1.67 bits per heavy atom. The summed E-state index contributed by atoms with van der Waals surface area (Å²) in [6.07, 6.45) is -0.741. The second-order valence-electron chi connectivity index (χ2n) is 2.93. The highest BCUT2D eigenvalue weighted by Crippen LogP contribution is 2.23. The molecular weight excluding hydrogens is 267 g/mol. The van der Waals surface area contributed by atoms with E-state index in [1.165, 1.54) is 18.2 Å². The molecule has 1 aromatic rings. The fourth-order valence-corrected chi connectivity index (χ4v) is 1.37. The summed E-state index contributed by atoms with van der Waals surface area (Å²) in [5.41, 5.74) is 0. The van der Waals surface area contributed by atoms with E-state index in [4.69, 9.17) is 9.84 Å². The number of carbonyl (C=O) groups is 1. The number of benzene rings is 1. The van der Waals surface area contributed by atoms with Crippen molar-refractivity contribution < 1.29 is 19.0 Å². The highest BCUT2D eigenvalue weighted by Gasteiger charge is 2.18. The van der Waals surface area contributed by atoms with Crippen molar-refractivity contribution in [2.45, 2.75) is 19.4 Å². The van der Waals surface area contributed by atoms with E-state index < -0.39 is 17.9 Å². The molecule has 0 heterocycles. The van der Waals surface area contributed by atoms with Gasteiger partial charge in [0.2, 0.25) is 0 Å². The monoisotopic (exact) mass is 276 g/mol. The van der Waals surface area contributed by atoms with Crippen LogP contribution in [-0.4, -0.2) is 17.2 Å². The largest absolute Gasteiger partial charge is 0.479 e. The average Bonchev–Trinajstić information content (AvgIpc) is 2.18. The molecule has 0 spiro atoms. The van der Waals surface area contributed by atoms with E-state index in [0.717, 1.165) is 0 Å². The first-order valence-electron chi connectivity index (χ1n) is 4.39. The van der Waals surface area contributed by atoms with Gasteiger partial charge in [-0.15, -0.1) is 0 Å². The number of carboxylic acids is 1. The van der Waals surface area contributed by atoms with E-state index >= 15 is 0 Å². The lowest BCUT2D eigenvalue weighted by atomic mass is 10.2. The van der Waals surface area contributed by atoms with Crippen LogP contribution in [0.3, 0.4) is 0 Å². The van der Waals surface area contributed by atoms with E-state index in [0.29, 0.717) is 4.47 Å². The summed E-state index contributed by atoms with van der Waals surface area (Å²) < 4.78 is 18.9. The van der Waals surface area contributed by atoms with Gasteiger partial charge in [-0.25, -0.2) is 9.18 Å². The van der Waals surface area contributed by atoms with Crippen LogP contribution < -0.4 is 4.74 Å². The van der Waals surface area contributed by atoms with Gasteiger partial charge in [0.25, 0.3) is 0 Å². The minimum absolute atomic E-state index is 0.0568. The topological polar surface area (TPSA) is 46.5 Å². The first kappa shape index (κ1) is 12.0. The maximum absolute atomic E-state index is 13.2. The fraction of sp³-hybridized carbons (Fsp3) is 0.300. The quantitative estimate of drug-likeness (QED) is 0.920. The van der Waals surface area contributed by atoms with Crippen LogP contribution in [0.25, 0.3) is 0 Å². The molecule has 0 aliphatic heterocycles. The number of hydrogen-bond donors (Lipinski definition) is 1. The van der Waals surface area contributed by atoms with Crippen LogP contribution in [0.15, 0.2) is 22.7 Å². The van der Waals surface area contributed by atoms with Crippen LogP contribution in [0.1, 0.15) is 13.3 Å². The molecule has 1 aromatic carbocycles. The van der Waals surface area contributed by atoms with Gasteiger partial charge in [0.05, 0.1) is 0 Å². The van der Waals surface area contributed by atoms with Gasteiger partial charge in [-0.2, -0.15) is 0 Å². The maximum Gasteiger partial charge on any atom is 0.344 e. The van der Waals surface area contributed by atoms with E-state index in [1.807, 2.05) is 0 Å². The molecule has 0 radical (unpaired) electrons. The number of carboxylic acid groups (broad SMARTS) is 1. The Morgan fingerprint density at radius 2 is 2.33 bits per heavy atom. The van der Waals surface area contributed by atoms with Gasteiger partial charge in [-0.1, -0.05) is 22.9 Å². The first-order chi connectivity index (χ1) is 7.04. The lowest BCUT2D eigenvalue weighted by Gasteiger charge is -2.13. The smallest absolute Gasteiger partial charge is 0.344 e. The van der Waals surface area contributed by atoms with Gasteiger partial charge < -0.3 is 9.84 Å². The van der Waals surface area contributed by atoms with Crippen molar-refractivity contribution in [1.82, 2.24) is 0 Å². The predicted octanol–water partition coefficient (Wildman–Crippen LogP) is 2.83. The number of halogens is 2. The molecule has 0 fully saturated rings. The molecule has 0 aliphatic carbocycles. The van der Waals surface area contributed by atoms with Crippen molar-refractivity contribution in [2.75, 3.05) is 0 Å². The van der Waals surface area contributed by atoms with Crippen molar-refractivity contribution in [3.05, 3.63) is 28.5 Å². The lowest BCUT2D eigenvalue weighted by Crippen LogP contribution is -2.26. The Labute approximate surface area is 95.0 Å². The summed E-state index contributed by atoms with van der Waals surface area (Å²) in [4.78, 5) is 10.7. The lowest BCUT2D eigenvalue weighted by molar-refractivity contribution is -0.145. The second-order valence-corrected chi connectivity index (χ2v) is 3.84. The maximum atomic E-state index is 13.2. The molecule has 82 valence electrons. The molecular formula is C10H10BrFO3. The molecule has 15 heavy (non-hydrogen) atoms. The van der Waals surface area contributed by atoms with Crippen molar-refractivity contribution in [1.29, 1.82) is 0 Å². The highest BCUT2D eigenvalue weighted by atomic mass is 79.9. The number of aliphatic carboxylic acids is 1. The summed E-state index contributed by atoms with van der Waals surface area (Å²) >= 11 is 3.15. The molecule has 1 unspecified atom stereocenters. The molecule has 3 nitrogen and oxygen atoms in total. The fourth-order valence-electron chi connectivity index (χ4n) is 1.03. The Bertz CT molecular complexity index is 368. The van der Waals surface area contributed by atoms with Crippen LogP contribution in [-0.2, 0) is 4.79 Å². The Kier molecular flexibility index (Phi) is 4.08. The zero-order valence-corrected chi connectivity index (χ0v) is 9.62. The van der Waals surface area contributed by atoms with Gasteiger partial charge in [0.15, 0.2) is 17.7 Å². The van der Waals surface area contributed by atoms with Gasteiger partial charge >= 0.3 is 5.97 Å². The summed E-state index contributed by atoms with van der Waals surface area (Å²) in [5.74, 6) is -1.73. The van der Waals surface area contributed by atoms with Crippen LogP contribution in [0.2, 0.25) is 0 Å². The summed E-state index contributed by atoms with van der Waals surface area (Å²) in [7, 11) is 0. The number of rotatable bonds is 4. The van der Waals surface area contributed by atoms with Gasteiger partial charge in [-0.3, -0.25) is 0 Å². The van der Waals surface area contributed by atoms with Crippen LogP contribution >= 0.6 is 15.9 Å². The molecule has 0 amide bonds. The van der Waals surface area contributed by atoms with Crippen LogP contribution in [0, 0.1) is 5.82 Å². The second kappa shape index (κ2) is 5.11. The van der Waals surface area contributed by atoms with E-state index in [1.54, 1.807) is 6.92 Å². The van der Waals surface area contributed by atoms with Crippen molar-refractivity contribution >= 4 is 21.9 Å². The van der Waals surface area contributed by atoms with Gasteiger partial charge in [0.1, 0.15) is 0 Å². The summed E-state index contributed by atoms with van der Waals surface area (Å²) in [6.45, 7) is 1.66. The van der Waals surface area contributed by atoms with E-state index in [-0.39, 0.29) is 12.2 Å². The third kappa shape index (κ3) is 3.20. The third-order valence-corrected chi connectivity index (χ3v) is 2.30. The van der Waals surface area contributed by atoms with Crippen LogP contribution in [0.5, 0.6) is 5.75 Å². The SMILES string of the molecule is CCC(Oc1cc(Br)ccc1F)C(=O)O. The number of ether oxygens (including phenoxy) is 1. The highest BCUT2D eigenvalue weighted by molar-refractivity contribution is 9.10. The van der Waals surface area contributed by atoms with Gasteiger partial charge in [0, 0.05) is 4.47 Å². The third-order valence-electron chi connectivity index (χ3n) is 1.81. The molecule has 0 saturated heterocycles. The molecule has 0 saturated carbocycles. The van der Waals surface area contributed by atoms with Crippen molar-refractivity contribution in [3.63, 3.8) is 0 Å². The predicted molar refractivity (Wildman–Crippen MR) is 56.4 cm³/mol. The number of hydrogen-bond acceptors (Lipinski definition) is 2. The van der Waals surface area contributed by atoms with Gasteiger partial charge in [-0.05, 0) is 24.6 Å². The van der Waals surface area contributed by atoms with Crippen molar-refractivity contribution in [3.8, 4) is 5.75 Å². The molecule has 1 atom stereocenters. The van der Waals surface area contributed by atoms with E-state index in [9.17, 15) is 9.18 Å². The molecule has 0 aliphatic rings. The zero-order valence-electron chi connectivity index (χ0n) is 8.04. The van der Waals surface area contributed by atoms with Crippen molar-refractivity contribution in [2.24, 2.45) is 0 Å². The van der Waals surface area contributed by atoms with E-state index in [2.05, 4.69) is 15.9 Å². The summed E-state index contributed by atoms with van der Waals surface area (Å²) in [5, 5.41) is 8.74. The first-order valence-corrected chi connectivity index (χ1v) is 5.18. The molecule has 0 bridgehead atoms. The standard InChI is InChI=1S/C10H10BrFO3/c1-2-8(10(13)14)15-9-5-6(11)3-4-7(9)12/h3-5,8H,2H2,1H3,(H,13,14). The minimum atomic E-state index is -1.10. The molecule has 1 N–H and O–H groups in total. The summed E-state index contributed by atoms with van der Waals surface area (Å²) in [6, 6.07) is 4.14. The normalized spacial score (nSPS) is 12.2. The average molecular weight is 277 g/mol. The Hall–Kier alpha value is -1.10. The molecule has 1 rings (SSSR count). The Morgan fingerprint density at radius 3 is 2.87 bits per heavy atom.